The van der Waals surface area contributed by atoms with Gasteiger partial charge in [-0.2, -0.15) is 5.26 Å². The van der Waals surface area contributed by atoms with Crippen molar-refractivity contribution < 1.29 is 14.3 Å². The van der Waals surface area contributed by atoms with Crippen LogP contribution in [0.2, 0.25) is 0 Å². The second-order valence-corrected chi connectivity index (χ2v) is 9.13. The van der Waals surface area contributed by atoms with Gasteiger partial charge in [-0.15, -0.1) is 0 Å². The second-order valence-electron chi connectivity index (χ2n) is 9.13. The van der Waals surface area contributed by atoms with Crippen LogP contribution in [0.5, 0.6) is 5.75 Å². The number of nitrogens with zero attached hydrogens (tertiary/aromatic N) is 2. The number of rotatable bonds is 6. The zero-order chi connectivity index (χ0) is 21.0. The van der Waals surface area contributed by atoms with Crippen LogP contribution in [0.4, 0.5) is 4.79 Å². The van der Waals surface area contributed by atoms with E-state index in [0.717, 1.165) is 37.9 Å². The third-order valence-corrected chi connectivity index (χ3v) is 5.84. The van der Waals surface area contributed by atoms with Crippen molar-refractivity contribution in [3.8, 4) is 11.8 Å². The molecule has 0 saturated carbocycles. The normalized spacial score (nSPS) is 24.7. The number of piperidine rings is 1. The average Bonchev–Trinajstić information content (AvgIpc) is 2.95. The number of hydrogen-bond acceptors (Lipinski definition) is 5. The molecular formula is C23H33N3O3. The Bertz CT molecular complexity index is 721. The van der Waals surface area contributed by atoms with Gasteiger partial charge in [-0.3, -0.25) is 0 Å². The van der Waals surface area contributed by atoms with Crippen molar-refractivity contribution in [1.29, 1.82) is 5.26 Å². The summed E-state index contributed by atoms with van der Waals surface area (Å²) in [6.07, 6.45) is 5.02. The van der Waals surface area contributed by atoms with Crippen LogP contribution in [0, 0.1) is 11.3 Å². The molecule has 0 radical (unpaired) electrons. The van der Waals surface area contributed by atoms with Gasteiger partial charge in [0, 0.05) is 30.6 Å². The predicted octanol–water partition coefficient (Wildman–Crippen LogP) is 4.56. The van der Waals surface area contributed by atoms with Crippen LogP contribution in [-0.2, 0) is 4.74 Å². The van der Waals surface area contributed by atoms with Gasteiger partial charge in [0.15, 0.2) is 0 Å². The van der Waals surface area contributed by atoms with E-state index in [2.05, 4.69) is 23.5 Å². The van der Waals surface area contributed by atoms with Crippen LogP contribution in [0.15, 0.2) is 24.3 Å². The first-order valence-corrected chi connectivity index (χ1v) is 10.6. The minimum Gasteiger partial charge on any atom is -0.497 e. The van der Waals surface area contributed by atoms with Gasteiger partial charge in [0.1, 0.15) is 11.4 Å². The number of ether oxygens (including phenoxy) is 2. The predicted molar refractivity (Wildman–Crippen MR) is 112 cm³/mol. The van der Waals surface area contributed by atoms with E-state index in [9.17, 15) is 4.79 Å². The quantitative estimate of drug-likeness (QED) is 0.759. The number of benzene rings is 1. The number of fused-ring (bicyclic) bond motifs is 2. The van der Waals surface area contributed by atoms with Gasteiger partial charge in [0.2, 0.25) is 0 Å². The first kappa shape index (κ1) is 21.4. The summed E-state index contributed by atoms with van der Waals surface area (Å²) in [5, 5.41) is 12.9. The highest BCUT2D eigenvalue weighted by atomic mass is 16.6. The fourth-order valence-electron chi connectivity index (χ4n) is 4.60. The Morgan fingerprint density at radius 1 is 1.24 bits per heavy atom. The lowest BCUT2D eigenvalue weighted by molar-refractivity contribution is 0.00421. The molecule has 2 saturated heterocycles. The third kappa shape index (κ3) is 5.42. The molecule has 2 fully saturated rings. The number of carbonyl (C=O) groups excluding carboxylic acids is 1. The van der Waals surface area contributed by atoms with Crippen molar-refractivity contribution in [3.63, 3.8) is 0 Å². The van der Waals surface area contributed by atoms with E-state index >= 15 is 0 Å². The number of nitriles is 1. The first-order valence-electron chi connectivity index (χ1n) is 10.6. The lowest BCUT2D eigenvalue weighted by atomic mass is 9.94. The minimum absolute atomic E-state index is 0.123. The molecular weight excluding hydrogens is 366 g/mol. The van der Waals surface area contributed by atoms with Crippen LogP contribution in [-0.4, -0.2) is 41.8 Å². The Morgan fingerprint density at radius 2 is 1.86 bits per heavy atom. The van der Waals surface area contributed by atoms with Crippen LogP contribution in [0.3, 0.4) is 0 Å². The Balaban J connectivity index is 1.66. The molecule has 3 atom stereocenters. The number of hydrogen-bond donors (Lipinski definition) is 1. The summed E-state index contributed by atoms with van der Waals surface area (Å²) in [5.41, 5.74) is 0.700. The molecule has 1 aromatic rings. The van der Waals surface area contributed by atoms with Crippen molar-refractivity contribution in [1.82, 2.24) is 10.2 Å². The van der Waals surface area contributed by atoms with Crippen LogP contribution in [0.1, 0.15) is 70.9 Å². The molecule has 2 heterocycles. The number of carbonyl (C=O) groups is 1. The molecule has 158 valence electrons. The Morgan fingerprint density at radius 3 is 2.38 bits per heavy atom. The van der Waals surface area contributed by atoms with E-state index in [1.54, 1.807) is 7.11 Å². The largest absolute Gasteiger partial charge is 0.497 e. The number of nitrogens with one attached hydrogen (secondary N) is 1. The lowest BCUT2D eigenvalue weighted by Crippen LogP contribution is -2.53. The fourth-order valence-corrected chi connectivity index (χ4v) is 4.60. The van der Waals surface area contributed by atoms with Gasteiger partial charge in [-0.25, -0.2) is 4.79 Å². The van der Waals surface area contributed by atoms with Crippen molar-refractivity contribution >= 4 is 6.09 Å². The van der Waals surface area contributed by atoms with E-state index in [-0.39, 0.29) is 24.2 Å². The van der Waals surface area contributed by atoms with Crippen molar-refractivity contribution in [2.45, 2.75) is 89.1 Å². The van der Waals surface area contributed by atoms with Crippen LogP contribution < -0.4 is 10.1 Å². The molecule has 29 heavy (non-hydrogen) atoms. The topological polar surface area (TPSA) is 74.6 Å². The highest BCUT2D eigenvalue weighted by molar-refractivity contribution is 5.69. The summed E-state index contributed by atoms with van der Waals surface area (Å²) >= 11 is 0. The Hall–Kier alpha value is -2.26. The summed E-state index contributed by atoms with van der Waals surface area (Å²) in [5.74, 6) is 0.830. The van der Waals surface area contributed by atoms with E-state index in [4.69, 9.17) is 14.7 Å². The standard InChI is InChI=1S/C23H33N3O3/c1-23(2,3)29-22(27)26-18-9-10-19(26)15-17(14-18)25-21(6-5-13-24)16-7-11-20(28-4)12-8-16/h7-8,11-12,17-19,21,25H,5-6,9-10,14-15H2,1-4H3. The van der Waals surface area contributed by atoms with Gasteiger partial charge in [-0.1, -0.05) is 12.1 Å². The molecule has 1 N–H and O–H groups in total. The van der Waals surface area contributed by atoms with Gasteiger partial charge in [0.25, 0.3) is 0 Å². The van der Waals surface area contributed by atoms with Gasteiger partial charge >= 0.3 is 6.09 Å². The van der Waals surface area contributed by atoms with Crippen LogP contribution in [0.25, 0.3) is 0 Å². The van der Waals surface area contributed by atoms with E-state index in [1.807, 2.05) is 37.8 Å². The maximum Gasteiger partial charge on any atom is 0.410 e. The highest BCUT2D eigenvalue weighted by Gasteiger charge is 2.45. The lowest BCUT2D eigenvalue weighted by Gasteiger charge is -2.41. The average molecular weight is 400 g/mol. The maximum absolute atomic E-state index is 12.7. The number of amides is 1. The van der Waals surface area contributed by atoms with E-state index in [0.29, 0.717) is 12.5 Å². The molecule has 3 unspecified atom stereocenters. The van der Waals surface area contributed by atoms with Crippen LogP contribution >= 0.6 is 0 Å². The molecule has 2 aliphatic heterocycles. The van der Waals surface area contributed by atoms with Gasteiger partial charge < -0.3 is 19.7 Å². The monoisotopic (exact) mass is 399 g/mol. The third-order valence-electron chi connectivity index (χ3n) is 5.84. The minimum atomic E-state index is -0.470. The molecule has 0 aromatic heterocycles. The van der Waals surface area contributed by atoms with E-state index in [1.165, 1.54) is 5.56 Å². The zero-order valence-electron chi connectivity index (χ0n) is 18.0. The SMILES string of the molecule is COc1ccc(C(CCC#N)NC2CC3CCC(C2)N3C(=O)OC(C)(C)C)cc1. The van der Waals surface area contributed by atoms with Gasteiger partial charge in [0.05, 0.1) is 13.2 Å². The summed E-state index contributed by atoms with van der Waals surface area (Å²) in [4.78, 5) is 14.6. The smallest absolute Gasteiger partial charge is 0.410 e. The summed E-state index contributed by atoms with van der Waals surface area (Å²) in [6.45, 7) is 5.74. The summed E-state index contributed by atoms with van der Waals surface area (Å²) in [6, 6.07) is 11.2. The van der Waals surface area contributed by atoms with E-state index < -0.39 is 5.60 Å². The molecule has 6 nitrogen and oxygen atoms in total. The Kier molecular flexibility index (Phi) is 6.69. The zero-order valence-corrected chi connectivity index (χ0v) is 18.0. The molecule has 2 aliphatic rings. The van der Waals surface area contributed by atoms with Crippen molar-refractivity contribution in [3.05, 3.63) is 29.8 Å². The first-order chi connectivity index (χ1) is 13.8. The molecule has 0 spiro atoms. The van der Waals surface area contributed by atoms with Gasteiger partial charge in [-0.05, 0) is 70.6 Å². The molecule has 1 aromatic carbocycles. The molecule has 3 rings (SSSR count). The molecule has 1 amide bonds. The molecule has 2 bridgehead atoms. The molecule has 0 aliphatic carbocycles. The molecule has 6 heteroatoms. The highest BCUT2D eigenvalue weighted by Crippen LogP contribution is 2.38. The fraction of sp³-hybridized carbons (Fsp3) is 0.652. The van der Waals surface area contributed by atoms with Crippen molar-refractivity contribution in [2.75, 3.05) is 7.11 Å². The van der Waals surface area contributed by atoms with Crippen molar-refractivity contribution in [2.24, 2.45) is 0 Å². The summed E-state index contributed by atoms with van der Waals surface area (Å²) < 4.78 is 10.9. The number of methoxy groups -OCH3 is 1. The Labute approximate surface area is 174 Å². The maximum atomic E-state index is 12.7. The summed E-state index contributed by atoms with van der Waals surface area (Å²) in [7, 11) is 1.66. The second kappa shape index (κ2) is 9.04.